The number of rotatable bonds is 10. The number of furan rings is 1. The van der Waals surface area contributed by atoms with Gasteiger partial charge in [-0.25, -0.2) is 0 Å². The van der Waals surface area contributed by atoms with Gasteiger partial charge in [0.15, 0.2) is 0 Å². The molecule has 1 amide bonds. The van der Waals surface area contributed by atoms with Crippen LogP contribution in [-0.2, 0) is 11.3 Å². The van der Waals surface area contributed by atoms with E-state index in [1.165, 1.54) is 11.1 Å². The van der Waals surface area contributed by atoms with E-state index < -0.39 is 0 Å². The van der Waals surface area contributed by atoms with Crippen LogP contribution < -0.4 is 4.74 Å². The fourth-order valence-corrected chi connectivity index (χ4v) is 3.73. The van der Waals surface area contributed by atoms with Crippen LogP contribution >= 0.6 is 0 Å². The highest BCUT2D eigenvalue weighted by Crippen LogP contribution is 2.29. The summed E-state index contributed by atoms with van der Waals surface area (Å²) in [6.07, 6.45) is 3.15. The molecule has 1 atom stereocenters. The van der Waals surface area contributed by atoms with Crippen LogP contribution in [0.15, 0.2) is 71.3 Å². The molecule has 0 aliphatic heterocycles. The van der Waals surface area contributed by atoms with E-state index in [2.05, 4.69) is 31.2 Å². The topological polar surface area (TPSA) is 42.7 Å². The van der Waals surface area contributed by atoms with Gasteiger partial charge in [-0.2, -0.15) is 0 Å². The van der Waals surface area contributed by atoms with Crippen molar-refractivity contribution in [3.63, 3.8) is 0 Å². The third-order valence-electron chi connectivity index (χ3n) is 5.38. The van der Waals surface area contributed by atoms with Crippen molar-refractivity contribution >= 4 is 5.91 Å². The lowest BCUT2D eigenvalue weighted by Crippen LogP contribution is -2.31. The lowest BCUT2D eigenvalue weighted by atomic mass is 9.92. The Bertz CT molecular complexity index is 928. The van der Waals surface area contributed by atoms with Gasteiger partial charge in [-0.15, -0.1) is 0 Å². The minimum absolute atomic E-state index is 0.115. The molecule has 0 spiro atoms. The molecule has 0 saturated carbocycles. The smallest absolute Gasteiger partial charge is 0.222 e. The van der Waals surface area contributed by atoms with Crippen molar-refractivity contribution in [1.82, 2.24) is 4.90 Å². The molecule has 0 unspecified atom stereocenters. The molecule has 1 aromatic heterocycles. The van der Waals surface area contributed by atoms with Crippen molar-refractivity contribution in [2.45, 2.75) is 59.1 Å². The summed E-state index contributed by atoms with van der Waals surface area (Å²) in [6, 6.07) is 20.5. The standard InChI is InChI=1S/C27H33NO3/c1-5-27(29)28(19-22-10-14-24(15-11-22)31-20(2)3)17-16-25(26-7-6-18-30-26)23-12-8-21(4)9-13-23/h6-15,18,20,25H,5,16-17,19H2,1-4H3/t25-/m0/s1. The highest BCUT2D eigenvalue weighted by atomic mass is 16.5. The molecule has 164 valence electrons. The summed E-state index contributed by atoms with van der Waals surface area (Å²) in [5.74, 6) is 2.06. The van der Waals surface area contributed by atoms with Gasteiger partial charge in [-0.3, -0.25) is 4.79 Å². The van der Waals surface area contributed by atoms with Crippen LogP contribution in [-0.4, -0.2) is 23.5 Å². The van der Waals surface area contributed by atoms with Crippen molar-refractivity contribution in [2.24, 2.45) is 0 Å². The van der Waals surface area contributed by atoms with Crippen LogP contribution in [0.3, 0.4) is 0 Å². The van der Waals surface area contributed by atoms with E-state index in [9.17, 15) is 4.79 Å². The van der Waals surface area contributed by atoms with E-state index in [-0.39, 0.29) is 17.9 Å². The Labute approximate surface area is 185 Å². The van der Waals surface area contributed by atoms with Gasteiger partial charge in [0.2, 0.25) is 5.91 Å². The fraction of sp³-hybridized carbons (Fsp3) is 0.370. The maximum Gasteiger partial charge on any atom is 0.222 e. The Morgan fingerprint density at radius 2 is 1.74 bits per heavy atom. The van der Waals surface area contributed by atoms with Crippen molar-refractivity contribution in [1.29, 1.82) is 0 Å². The summed E-state index contributed by atoms with van der Waals surface area (Å²) in [7, 11) is 0. The first kappa shape index (κ1) is 22.7. The van der Waals surface area contributed by atoms with Crippen molar-refractivity contribution in [2.75, 3.05) is 6.54 Å². The molecule has 0 radical (unpaired) electrons. The van der Waals surface area contributed by atoms with Gasteiger partial charge in [-0.05, 0) is 62.6 Å². The highest BCUT2D eigenvalue weighted by Gasteiger charge is 2.20. The van der Waals surface area contributed by atoms with Gasteiger partial charge >= 0.3 is 0 Å². The monoisotopic (exact) mass is 419 g/mol. The summed E-state index contributed by atoms with van der Waals surface area (Å²) in [4.78, 5) is 14.6. The molecule has 0 fully saturated rings. The third-order valence-corrected chi connectivity index (χ3v) is 5.38. The van der Waals surface area contributed by atoms with Crippen LogP contribution in [0, 0.1) is 6.92 Å². The largest absolute Gasteiger partial charge is 0.491 e. The first-order valence-corrected chi connectivity index (χ1v) is 11.1. The summed E-state index contributed by atoms with van der Waals surface area (Å²) in [6.45, 7) is 9.28. The number of hydrogen-bond acceptors (Lipinski definition) is 3. The number of benzene rings is 2. The Morgan fingerprint density at radius 1 is 1.03 bits per heavy atom. The van der Waals surface area contributed by atoms with Crippen molar-refractivity contribution in [3.05, 3.63) is 89.4 Å². The van der Waals surface area contributed by atoms with Crippen LogP contribution in [0.2, 0.25) is 0 Å². The Hall–Kier alpha value is -3.01. The normalized spacial score (nSPS) is 12.0. The number of aryl methyl sites for hydroxylation is 1. The minimum Gasteiger partial charge on any atom is -0.491 e. The van der Waals surface area contributed by atoms with Crippen LogP contribution in [0.1, 0.15) is 62.0 Å². The first-order valence-electron chi connectivity index (χ1n) is 11.1. The second-order valence-corrected chi connectivity index (χ2v) is 8.25. The maximum atomic E-state index is 12.7. The van der Waals surface area contributed by atoms with Crippen molar-refractivity contribution in [3.8, 4) is 5.75 Å². The summed E-state index contributed by atoms with van der Waals surface area (Å²) in [5, 5.41) is 0. The molecule has 0 aliphatic carbocycles. The minimum atomic E-state index is 0.115. The molecular weight excluding hydrogens is 386 g/mol. The molecule has 2 aromatic carbocycles. The van der Waals surface area contributed by atoms with Gasteiger partial charge in [0.25, 0.3) is 0 Å². The van der Waals surface area contributed by atoms with Gasteiger partial charge in [-0.1, -0.05) is 48.9 Å². The van der Waals surface area contributed by atoms with E-state index in [0.29, 0.717) is 19.5 Å². The van der Waals surface area contributed by atoms with Crippen molar-refractivity contribution < 1.29 is 13.9 Å². The average Bonchev–Trinajstić information content (AvgIpc) is 3.29. The molecule has 0 aliphatic rings. The van der Waals surface area contributed by atoms with Crippen LogP contribution in [0.5, 0.6) is 5.75 Å². The lowest BCUT2D eigenvalue weighted by Gasteiger charge is -2.25. The Kier molecular flexibility index (Phi) is 7.94. The molecule has 0 saturated heterocycles. The van der Waals surface area contributed by atoms with E-state index in [1.54, 1.807) is 6.26 Å². The molecular formula is C27H33NO3. The zero-order valence-electron chi connectivity index (χ0n) is 19.0. The molecule has 4 nitrogen and oxygen atoms in total. The van der Waals surface area contributed by atoms with Crippen LogP contribution in [0.4, 0.5) is 0 Å². The highest BCUT2D eigenvalue weighted by molar-refractivity contribution is 5.75. The molecule has 0 bridgehead atoms. The predicted octanol–water partition coefficient (Wildman–Crippen LogP) is 6.34. The zero-order chi connectivity index (χ0) is 22.2. The van der Waals surface area contributed by atoms with Gasteiger partial charge in [0.1, 0.15) is 11.5 Å². The molecule has 3 aromatic rings. The second-order valence-electron chi connectivity index (χ2n) is 8.25. The zero-order valence-corrected chi connectivity index (χ0v) is 19.0. The average molecular weight is 420 g/mol. The number of carbonyl (C=O) groups is 1. The predicted molar refractivity (Wildman–Crippen MR) is 124 cm³/mol. The summed E-state index contributed by atoms with van der Waals surface area (Å²) < 4.78 is 11.5. The van der Waals surface area contributed by atoms with E-state index >= 15 is 0 Å². The number of ether oxygens (including phenoxy) is 1. The van der Waals surface area contributed by atoms with E-state index in [0.717, 1.165) is 23.5 Å². The van der Waals surface area contributed by atoms with Gasteiger partial charge in [0.05, 0.1) is 12.4 Å². The fourth-order valence-electron chi connectivity index (χ4n) is 3.73. The molecule has 31 heavy (non-hydrogen) atoms. The summed E-state index contributed by atoms with van der Waals surface area (Å²) in [5.41, 5.74) is 3.54. The van der Waals surface area contributed by atoms with Crippen LogP contribution in [0.25, 0.3) is 0 Å². The van der Waals surface area contributed by atoms with E-state index in [4.69, 9.17) is 9.15 Å². The molecule has 3 rings (SSSR count). The number of carbonyl (C=O) groups excluding carboxylic acids is 1. The molecule has 0 N–H and O–H groups in total. The lowest BCUT2D eigenvalue weighted by molar-refractivity contribution is -0.131. The second kappa shape index (κ2) is 10.9. The van der Waals surface area contributed by atoms with E-state index in [1.807, 2.05) is 62.1 Å². The molecule has 4 heteroatoms. The summed E-state index contributed by atoms with van der Waals surface area (Å²) >= 11 is 0. The number of hydrogen-bond donors (Lipinski definition) is 0. The van der Waals surface area contributed by atoms with Gasteiger partial charge in [0, 0.05) is 25.4 Å². The van der Waals surface area contributed by atoms with Gasteiger partial charge < -0.3 is 14.1 Å². The number of nitrogens with zero attached hydrogens (tertiary/aromatic N) is 1. The Balaban J connectivity index is 1.73. The molecule has 1 heterocycles. The maximum absolute atomic E-state index is 12.7. The first-order chi connectivity index (χ1) is 15.0. The quantitative estimate of drug-likeness (QED) is 0.385. The number of amides is 1. The third kappa shape index (κ3) is 6.48. The Morgan fingerprint density at radius 3 is 2.32 bits per heavy atom. The SMILES string of the molecule is CCC(=O)N(CC[C@@H](c1ccc(C)cc1)c1ccco1)Cc1ccc(OC(C)C)cc1.